The van der Waals surface area contributed by atoms with Crippen molar-refractivity contribution in [3.05, 3.63) is 66.0 Å². The molecule has 2 heterocycles. The Balaban J connectivity index is 1.47. The van der Waals surface area contributed by atoms with Gasteiger partial charge >= 0.3 is 6.03 Å². The largest absolute Gasteiger partial charge is 0.484 e. The van der Waals surface area contributed by atoms with Crippen LogP contribution in [-0.4, -0.2) is 85.0 Å². The van der Waals surface area contributed by atoms with Gasteiger partial charge in [0.25, 0.3) is 11.8 Å². The number of benzene rings is 2. The van der Waals surface area contributed by atoms with E-state index in [0.29, 0.717) is 43.8 Å². The maximum atomic E-state index is 14.0. The number of imide groups is 1. The molecule has 2 aliphatic rings. The molecule has 2 aliphatic heterocycles. The second kappa shape index (κ2) is 11.1. The molecule has 192 valence electrons. The highest BCUT2D eigenvalue weighted by Crippen LogP contribution is 2.36. The smallest absolute Gasteiger partial charge is 0.325 e. The number of amides is 4. The standard InChI is InChI=1S/C27H33FN4O4/c1-30(2)15-16-32-25(34)27(29-26(32)35,18-20-7-6-8-22(28)17-20)21-11-13-31(14-12-21)24(33)19-36-23-9-4-3-5-10-23/h3-10,17,21H,11-16,18-19H2,1-2H3,(H,29,35)/t27-/m0/s1. The number of carbonyl (C=O) groups is 3. The fourth-order valence-corrected chi connectivity index (χ4v) is 5.03. The summed E-state index contributed by atoms with van der Waals surface area (Å²) in [6.07, 6.45) is 1.28. The second-order valence-corrected chi connectivity index (χ2v) is 9.73. The number of carbonyl (C=O) groups excluding carboxylic acids is 3. The first kappa shape index (κ1) is 25.6. The lowest BCUT2D eigenvalue weighted by molar-refractivity contribution is -0.137. The van der Waals surface area contributed by atoms with E-state index in [2.05, 4.69) is 5.32 Å². The van der Waals surface area contributed by atoms with Crippen molar-refractivity contribution in [1.29, 1.82) is 0 Å². The summed E-state index contributed by atoms with van der Waals surface area (Å²) >= 11 is 0. The number of nitrogens with one attached hydrogen (secondary N) is 1. The van der Waals surface area contributed by atoms with Crippen molar-refractivity contribution in [3.8, 4) is 5.75 Å². The Morgan fingerprint density at radius 1 is 1.11 bits per heavy atom. The highest BCUT2D eigenvalue weighted by Gasteiger charge is 2.55. The molecule has 0 unspecified atom stereocenters. The third-order valence-electron chi connectivity index (χ3n) is 6.99. The summed E-state index contributed by atoms with van der Waals surface area (Å²) in [6.45, 7) is 1.66. The summed E-state index contributed by atoms with van der Waals surface area (Å²) in [7, 11) is 3.76. The molecule has 4 amide bonds. The van der Waals surface area contributed by atoms with E-state index < -0.39 is 11.6 Å². The van der Waals surface area contributed by atoms with Gasteiger partial charge < -0.3 is 19.9 Å². The van der Waals surface area contributed by atoms with Crippen LogP contribution in [-0.2, 0) is 16.0 Å². The van der Waals surface area contributed by atoms with Crippen molar-refractivity contribution in [2.45, 2.75) is 24.8 Å². The molecule has 0 radical (unpaired) electrons. The number of ether oxygens (including phenoxy) is 1. The third-order valence-corrected chi connectivity index (χ3v) is 6.99. The monoisotopic (exact) mass is 496 g/mol. The molecule has 4 rings (SSSR count). The van der Waals surface area contributed by atoms with E-state index in [-0.39, 0.29) is 43.1 Å². The fraction of sp³-hybridized carbons (Fsp3) is 0.444. The Labute approximate surface area is 211 Å². The van der Waals surface area contributed by atoms with Crippen LogP contribution in [0.3, 0.4) is 0 Å². The van der Waals surface area contributed by atoms with Gasteiger partial charge in [-0.3, -0.25) is 14.5 Å². The summed E-state index contributed by atoms with van der Waals surface area (Å²) < 4.78 is 19.6. The van der Waals surface area contributed by atoms with Gasteiger partial charge in [0.1, 0.15) is 17.1 Å². The van der Waals surface area contributed by atoms with Crippen LogP contribution >= 0.6 is 0 Å². The van der Waals surface area contributed by atoms with Crippen LogP contribution in [0, 0.1) is 11.7 Å². The minimum Gasteiger partial charge on any atom is -0.484 e. The number of piperidine rings is 1. The molecule has 9 heteroatoms. The molecule has 2 fully saturated rings. The fourth-order valence-electron chi connectivity index (χ4n) is 5.03. The summed E-state index contributed by atoms with van der Waals surface area (Å²) in [4.78, 5) is 44.3. The molecule has 2 saturated heterocycles. The van der Waals surface area contributed by atoms with E-state index in [4.69, 9.17) is 4.74 Å². The number of nitrogens with zero attached hydrogens (tertiary/aromatic N) is 3. The number of urea groups is 1. The number of hydrogen-bond donors (Lipinski definition) is 1. The van der Waals surface area contributed by atoms with E-state index in [1.54, 1.807) is 29.2 Å². The van der Waals surface area contributed by atoms with Crippen molar-refractivity contribution in [1.82, 2.24) is 20.0 Å². The molecule has 0 bridgehead atoms. The number of likely N-dealkylation sites (tertiary alicyclic amines) is 1. The van der Waals surface area contributed by atoms with Crippen molar-refractivity contribution in [2.75, 3.05) is 46.9 Å². The van der Waals surface area contributed by atoms with Crippen LogP contribution in [0.4, 0.5) is 9.18 Å². The molecule has 2 aromatic carbocycles. The summed E-state index contributed by atoms with van der Waals surface area (Å²) in [5.74, 6) is -0.350. The topological polar surface area (TPSA) is 82.2 Å². The summed E-state index contributed by atoms with van der Waals surface area (Å²) in [5.41, 5.74) is -0.528. The Bertz CT molecular complexity index is 1090. The Hall–Kier alpha value is -3.46. The van der Waals surface area contributed by atoms with Gasteiger partial charge in [0.2, 0.25) is 0 Å². The number of halogens is 1. The first-order chi connectivity index (χ1) is 17.3. The van der Waals surface area contributed by atoms with Gasteiger partial charge in [-0.05, 0) is 62.7 Å². The number of hydrogen-bond acceptors (Lipinski definition) is 5. The van der Waals surface area contributed by atoms with Crippen LogP contribution in [0.25, 0.3) is 0 Å². The lowest BCUT2D eigenvalue weighted by Gasteiger charge is -2.41. The average molecular weight is 497 g/mol. The normalized spacial score (nSPS) is 20.7. The van der Waals surface area contributed by atoms with Gasteiger partial charge in [-0.15, -0.1) is 0 Å². The van der Waals surface area contributed by atoms with E-state index in [0.717, 1.165) is 0 Å². The van der Waals surface area contributed by atoms with Gasteiger partial charge in [0, 0.05) is 32.6 Å². The van der Waals surface area contributed by atoms with E-state index >= 15 is 0 Å². The van der Waals surface area contributed by atoms with E-state index in [1.807, 2.05) is 37.2 Å². The first-order valence-corrected chi connectivity index (χ1v) is 12.3. The summed E-state index contributed by atoms with van der Waals surface area (Å²) in [5, 5.41) is 2.99. The molecule has 8 nitrogen and oxygen atoms in total. The Morgan fingerprint density at radius 2 is 1.83 bits per heavy atom. The van der Waals surface area contributed by atoms with Crippen LogP contribution in [0.1, 0.15) is 18.4 Å². The molecular formula is C27H33FN4O4. The van der Waals surface area contributed by atoms with Crippen molar-refractivity contribution >= 4 is 17.8 Å². The molecule has 0 saturated carbocycles. The lowest BCUT2D eigenvalue weighted by atomic mass is 9.74. The van der Waals surface area contributed by atoms with Crippen molar-refractivity contribution < 1.29 is 23.5 Å². The van der Waals surface area contributed by atoms with Crippen LogP contribution in [0.2, 0.25) is 0 Å². The highest BCUT2D eigenvalue weighted by atomic mass is 19.1. The predicted molar refractivity (Wildman–Crippen MR) is 133 cm³/mol. The number of para-hydroxylation sites is 1. The molecule has 0 spiro atoms. The molecule has 2 aromatic rings. The molecule has 36 heavy (non-hydrogen) atoms. The van der Waals surface area contributed by atoms with Crippen LogP contribution in [0.15, 0.2) is 54.6 Å². The Kier molecular flexibility index (Phi) is 7.88. The van der Waals surface area contributed by atoms with Gasteiger partial charge in [-0.2, -0.15) is 0 Å². The van der Waals surface area contributed by atoms with E-state index in [9.17, 15) is 18.8 Å². The molecule has 0 aliphatic carbocycles. The van der Waals surface area contributed by atoms with E-state index in [1.165, 1.54) is 17.0 Å². The zero-order chi connectivity index (χ0) is 25.7. The minimum atomic E-state index is -1.17. The van der Waals surface area contributed by atoms with Gasteiger partial charge in [-0.1, -0.05) is 30.3 Å². The van der Waals surface area contributed by atoms with Gasteiger partial charge in [0.05, 0.1) is 0 Å². The quantitative estimate of drug-likeness (QED) is 0.540. The van der Waals surface area contributed by atoms with Gasteiger partial charge in [0.15, 0.2) is 6.61 Å². The van der Waals surface area contributed by atoms with Crippen LogP contribution in [0.5, 0.6) is 5.75 Å². The molecule has 1 N–H and O–H groups in total. The zero-order valence-corrected chi connectivity index (χ0v) is 20.8. The molecule has 0 aromatic heterocycles. The lowest BCUT2D eigenvalue weighted by Crippen LogP contribution is -2.58. The first-order valence-electron chi connectivity index (χ1n) is 12.3. The summed E-state index contributed by atoms with van der Waals surface area (Å²) in [6, 6.07) is 14.9. The van der Waals surface area contributed by atoms with Gasteiger partial charge in [-0.25, -0.2) is 9.18 Å². The zero-order valence-electron chi connectivity index (χ0n) is 20.8. The maximum absolute atomic E-state index is 14.0. The molecular weight excluding hydrogens is 463 g/mol. The minimum absolute atomic E-state index is 0.0584. The van der Waals surface area contributed by atoms with Crippen molar-refractivity contribution in [2.24, 2.45) is 5.92 Å². The number of rotatable bonds is 9. The SMILES string of the molecule is CN(C)CCN1C(=O)N[C@@](Cc2cccc(F)c2)(C2CCN(C(=O)COc3ccccc3)CC2)C1=O. The van der Waals surface area contributed by atoms with Crippen molar-refractivity contribution in [3.63, 3.8) is 0 Å². The Morgan fingerprint density at radius 3 is 2.50 bits per heavy atom. The predicted octanol–water partition coefficient (Wildman–Crippen LogP) is 2.54. The average Bonchev–Trinajstić information content (AvgIpc) is 3.11. The third kappa shape index (κ3) is 5.67. The van der Waals surface area contributed by atoms with Crippen LogP contribution < -0.4 is 10.1 Å². The highest BCUT2D eigenvalue weighted by molar-refractivity contribution is 6.07. The maximum Gasteiger partial charge on any atom is 0.325 e. The number of likely N-dealkylation sites (N-methyl/N-ethyl adjacent to an activating group) is 1. The second-order valence-electron chi connectivity index (χ2n) is 9.73. The molecule has 1 atom stereocenters.